The number of likely N-dealkylation sites (tertiary alicyclic amines) is 1. The number of halogens is 6. The molecule has 176 valence electrons. The normalized spacial score (nSPS) is 16.5. The van der Waals surface area contributed by atoms with E-state index in [9.17, 15) is 39.6 Å². The molecule has 0 radical (unpaired) electrons. The average molecular weight is 484 g/mol. The van der Waals surface area contributed by atoms with Gasteiger partial charge >= 0.3 is 18.4 Å². The molecule has 1 heterocycles. The monoisotopic (exact) mass is 484 g/mol. The second kappa shape index (κ2) is 8.77. The molecule has 0 saturated carbocycles. The van der Waals surface area contributed by atoms with E-state index in [2.05, 4.69) is 9.46 Å². The molecule has 3 rings (SSSR count). The second-order valence-electron chi connectivity index (χ2n) is 7.24. The Morgan fingerprint density at radius 2 is 1.53 bits per heavy atom. The van der Waals surface area contributed by atoms with Gasteiger partial charge in [-0.15, -0.1) is 0 Å². The Morgan fingerprint density at radius 1 is 0.969 bits per heavy atom. The van der Waals surface area contributed by atoms with Crippen LogP contribution in [0.25, 0.3) is 10.8 Å². The predicted molar refractivity (Wildman–Crippen MR) is 101 cm³/mol. The summed E-state index contributed by atoms with van der Waals surface area (Å²) in [7, 11) is -3.93. The largest absolute Gasteiger partial charge is 0.434 e. The summed E-state index contributed by atoms with van der Waals surface area (Å²) in [6.07, 6.45) is -17.6. The van der Waals surface area contributed by atoms with E-state index in [1.165, 1.54) is 12.1 Å². The number of sulfonamides is 1. The lowest BCUT2D eigenvalue weighted by Crippen LogP contribution is -2.51. The number of fused-ring (bicyclic) bond motifs is 1. The van der Waals surface area contributed by atoms with Crippen LogP contribution < -0.4 is 4.72 Å². The number of nitrogens with one attached hydrogen (secondary N) is 1. The third-order valence-electron chi connectivity index (χ3n) is 4.92. The standard InChI is InChI=1S/C19H18F6N2O4S/c20-18(21,22)16(19(23,24)25)31-17(28)27-9-7-14(8-10-27)26-32(29,30)15-6-5-12-3-1-2-4-13(12)11-15/h1-6,11,14,16,26H,7-10H2. The van der Waals surface area contributed by atoms with Crippen LogP contribution in [0.2, 0.25) is 0 Å². The lowest BCUT2D eigenvalue weighted by molar-refractivity contribution is -0.308. The maximum Gasteiger partial charge on any atom is 0.434 e. The van der Waals surface area contributed by atoms with Crippen LogP contribution in [0, 0.1) is 0 Å². The van der Waals surface area contributed by atoms with Crippen molar-refractivity contribution in [2.75, 3.05) is 13.1 Å². The highest BCUT2D eigenvalue weighted by molar-refractivity contribution is 7.89. The number of ether oxygens (including phenoxy) is 1. The lowest BCUT2D eigenvalue weighted by Gasteiger charge is -2.33. The summed E-state index contributed by atoms with van der Waals surface area (Å²) >= 11 is 0. The molecular weight excluding hydrogens is 466 g/mol. The van der Waals surface area contributed by atoms with Crippen LogP contribution in [-0.2, 0) is 14.8 Å². The zero-order valence-electron chi connectivity index (χ0n) is 16.3. The topological polar surface area (TPSA) is 75.7 Å². The van der Waals surface area contributed by atoms with Crippen LogP contribution in [0.15, 0.2) is 47.4 Å². The van der Waals surface area contributed by atoms with Crippen molar-refractivity contribution in [2.45, 2.75) is 42.2 Å². The van der Waals surface area contributed by atoms with E-state index in [0.29, 0.717) is 10.3 Å². The van der Waals surface area contributed by atoms with Crippen LogP contribution >= 0.6 is 0 Å². The molecule has 2 aromatic rings. The van der Waals surface area contributed by atoms with Crippen LogP contribution in [-0.4, -0.2) is 57.0 Å². The fourth-order valence-electron chi connectivity index (χ4n) is 3.30. The minimum absolute atomic E-state index is 0.00931. The van der Waals surface area contributed by atoms with Crippen LogP contribution in [0.5, 0.6) is 0 Å². The number of piperidine rings is 1. The van der Waals surface area contributed by atoms with Crippen molar-refractivity contribution >= 4 is 26.9 Å². The zero-order chi connectivity index (χ0) is 23.7. The van der Waals surface area contributed by atoms with Gasteiger partial charge in [-0.1, -0.05) is 30.3 Å². The average Bonchev–Trinajstić information content (AvgIpc) is 2.70. The molecular formula is C19H18F6N2O4S. The molecule has 0 atom stereocenters. The molecule has 0 spiro atoms. The van der Waals surface area contributed by atoms with Crippen LogP contribution in [0.1, 0.15) is 12.8 Å². The molecule has 0 aromatic heterocycles. The Balaban J connectivity index is 1.60. The molecule has 32 heavy (non-hydrogen) atoms. The number of carbonyl (C=O) groups is 1. The second-order valence-corrected chi connectivity index (χ2v) is 8.95. The minimum Gasteiger partial charge on any atom is -0.426 e. The van der Waals surface area contributed by atoms with E-state index in [0.717, 1.165) is 5.39 Å². The number of carbonyl (C=O) groups excluding carboxylic acids is 1. The van der Waals surface area contributed by atoms with E-state index in [-0.39, 0.29) is 30.8 Å². The van der Waals surface area contributed by atoms with Crippen molar-refractivity contribution in [1.29, 1.82) is 0 Å². The van der Waals surface area contributed by atoms with Gasteiger partial charge < -0.3 is 9.64 Å². The summed E-state index contributed by atoms with van der Waals surface area (Å²) in [4.78, 5) is 12.5. The molecule has 6 nitrogen and oxygen atoms in total. The SMILES string of the molecule is O=C(OC(C(F)(F)F)C(F)(F)F)N1CCC(NS(=O)(=O)c2ccc3ccccc3c2)CC1. The Labute approximate surface area is 179 Å². The molecule has 1 fully saturated rings. The maximum absolute atomic E-state index is 12.7. The lowest BCUT2D eigenvalue weighted by atomic mass is 10.1. The first-order valence-electron chi connectivity index (χ1n) is 9.37. The zero-order valence-corrected chi connectivity index (χ0v) is 17.1. The molecule has 1 N–H and O–H groups in total. The number of rotatable bonds is 4. The van der Waals surface area contributed by atoms with Gasteiger partial charge in [-0.2, -0.15) is 26.3 Å². The van der Waals surface area contributed by atoms with Crippen molar-refractivity contribution in [3.05, 3.63) is 42.5 Å². The number of nitrogens with zero attached hydrogens (tertiary/aromatic N) is 1. The number of benzene rings is 2. The highest BCUT2D eigenvalue weighted by Crippen LogP contribution is 2.36. The molecule has 1 saturated heterocycles. The fourth-order valence-corrected chi connectivity index (χ4v) is 4.64. The summed E-state index contributed by atoms with van der Waals surface area (Å²) in [6.45, 7) is -0.543. The van der Waals surface area contributed by atoms with E-state index in [4.69, 9.17) is 0 Å². The maximum atomic E-state index is 12.7. The van der Waals surface area contributed by atoms with E-state index >= 15 is 0 Å². The highest BCUT2D eigenvalue weighted by Gasteiger charge is 2.60. The number of hydrogen-bond donors (Lipinski definition) is 1. The van der Waals surface area contributed by atoms with Gasteiger partial charge in [-0.25, -0.2) is 17.9 Å². The molecule has 1 aliphatic rings. The molecule has 13 heteroatoms. The molecule has 0 bridgehead atoms. The van der Waals surface area contributed by atoms with Crippen molar-refractivity contribution in [1.82, 2.24) is 9.62 Å². The van der Waals surface area contributed by atoms with Gasteiger partial charge in [-0.3, -0.25) is 0 Å². The molecule has 0 unspecified atom stereocenters. The first-order valence-corrected chi connectivity index (χ1v) is 10.9. The Hall–Kier alpha value is -2.54. The van der Waals surface area contributed by atoms with Gasteiger partial charge in [0.15, 0.2) is 0 Å². The summed E-state index contributed by atoms with van der Waals surface area (Å²) < 4.78 is 107. The summed E-state index contributed by atoms with van der Waals surface area (Å²) in [6, 6.07) is 11.0. The van der Waals surface area contributed by atoms with Crippen molar-refractivity contribution < 1.29 is 44.3 Å². The van der Waals surface area contributed by atoms with Gasteiger partial charge in [0.25, 0.3) is 6.10 Å². The Bertz CT molecular complexity index is 1070. The van der Waals surface area contributed by atoms with Gasteiger partial charge in [0.1, 0.15) is 0 Å². The minimum atomic E-state index is -5.80. The first kappa shape index (κ1) is 24.1. The van der Waals surface area contributed by atoms with Crippen molar-refractivity contribution in [2.24, 2.45) is 0 Å². The molecule has 0 aliphatic carbocycles. The summed E-state index contributed by atoms with van der Waals surface area (Å²) in [5, 5.41) is 1.55. The smallest absolute Gasteiger partial charge is 0.426 e. The quantitative estimate of drug-likeness (QED) is 0.660. The third kappa shape index (κ3) is 5.63. The van der Waals surface area contributed by atoms with Crippen molar-refractivity contribution in [3.63, 3.8) is 0 Å². The van der Waals surface area contributed by atoms with E-state index < -0.39 is 40.6 Å². The Kier molecular flexibility index (Phi) is 6.61. The Morgan fingerprint density at radius 3 is 2.09 bits per heavy atom. The molecule has 1 aliphatic heterocycles. The predicted octanol–water partition coefficient (Wildman–Crippen LogP) is 4.21. The highest BCUT2D eigenvalue weighted by atomic mass is 32.2. The number of amides is 1. The molecule has 1 amide bonds. The summed E-state index contributed by atoms with van der Waals surface area (Å²) in [5.41, 5.74) is 0. The van der Waals surface area contributed by atoms with Gasteiger partial charge in [0.05, 0.1) is 4.90 Å². The van der Waals surface area contributed by atoms with Crippen LogP contribution in [0.4, 0.5) is 31.1 Å². The number of hydrogen-bond acceptors (Lipinski definition) is 4. The summed E-state index contributed by atoms with van der Waals surface area (Å²) in [5.74, 6) is 0. The first-order chi connectivity index (χ1) is 14.8. The van der Waals surface area contributed by atoms with E-state index in [1.807, 2.05) is 6.07 Å². The van der Waals surface area contributed by atoms with Crippen LogP contribution in [0.3, 0.4) is 0 Å². The number of alkyl halides is 6. The van der Waals surface area contributed by atoms with Gasteiger partial charge in [0, 0.05) is 19.1 Å². The van der Waals surface area contributed by atoms with Crippen molar-refractivity contribution in [3.8, 4) is 0 Å². The van der Waals surface area contributed by atoms with Gasteiger partial charge in [0.2, 0.25) is 10.0 Å². The third-order valence-corrected chi connectivity index (χ3v) is 6.44. The van der Waals surface area contributed by atoms with E-state index in [1.54, 1.807) is 24.3 Å². The fraction of sp³-hybridized carbons (Fsp3) is 0.421. The van der Waals surface area contributed by atoms with Gasteiger partial charge in [-0.05, 0) is 35.7 Å². The molecule has 2 aromatic carbocycles.